The second-order valence-electron chi connectivity index (χ2n) is 7.18. The van der Waals surface area contributed by atoms with Crippen LogP contribution in [0.15, 0.2) is 53.0 Å². The van der Waals surface area contributed by atoms with Crippen LogP contribution < -0.4 is 10.1 Å². The smallest absolute Gasteiger partial charge is 0.261 e. The van der Waals surface area contributed by atoms with E-state index in [-0.39, 0.29) is 24.5 Å². The van der Waals surface area contributed by atoms with Crippen molar-refractivity contribution in [3.05, 3.63) is 63.6 Å². The van der Waals surface area contributed by atoms with Crippen LogP contribution >= 0.6 is 27.5 Å². The van der Waals surface area contributed by atoms with Crippen LogP contribution in [-0.4, -0.2) is 41.9 Å². The van der Waals surface area contributed by atoms with Crippen molar-refractivity contribution in [2.75, 3.05) is 13.2 Å². The average Bonchev–Trinajstić information content (AvgIpc) is 2.73. The van der Waals surface area contributed by atoms with Crippen molar-refractivity contribution in [1.29, 1.82) is 0 Å². The summed E-state index contributed by atoms with van der Waals surface area (Å²) in [5.41, 5.74) is 1.10. The Bertz CT molecular complexity index is 848. The Hall–Kier alpha value is -2.05. The average molecular weight is 496 g/mol. The summed E-state index contributed by atoms with van der Waals surface area (Å²) in [5.74, 6) is -0.0166. The molecule has 2 aromatic carbocycles. The number of nitrogens with zero attached hydrogens (tertiary/aromatic N) is 1. The number of hydrogen-bond donors (Lipinski definition) is 1. The van der Waals surface area contributed by atoms with Gasteiger partial charge in [0.15, 0.2) is 6.61 Å². The van der Waals surface area contributed by atoms with E-state index in [0.717, 1.165) is 16.5 Å². The predicted molar refractivity (Wildman–Crippen MR) is 124 cm³/mol. The standard InChI is InChI=1S/C23H28BrClN2O3/c1-4-16(2)26-23(29)17(3)27(13-12-18-8-6-5-7-9-18)22(28)15-30-21-11-10-19(24)14-20(21)25/h5-11,14,16-17H,4,12-13,15H2,1-3H3,(H,26,29)/t16-,17+/m0/s1. The summed E-state index contributed by atoms with van der Waals surface area (Å²) in [4.78, 5) is 27.2. The lowest BCUT2D eigenvalue weighted by atomic mass is 10.1. The fraction of sp³-hybridized carbons (Fsp3) is 0.391. The van der Waals surface area contributed by atoms with E-state index in [1.165, 1.54) is 0 Å². The summed E-state index contributed by atoms with van der Waals surface area (Å²) in [6.07, 6.45) is 1.47. The number of amides is 2. The Morgan fingerprint density at radius 3 is 2.50 bits per heavy atom. The van der Waals surface area contributed by atoms with Crippen LogP contribution in [0.4, 0.5) is 0 Å². The molecule has 0 fully saturated rings. The Labute approximate surface area is 191 Å². The molecule has 2 aromatic rings. The summed E-state index contributed by atoms with van der Waals surface area (Å²) in [5, 5.41) is 3.36. The monoisotopic (exact) mass is 494 g/mol. The molecule has 0 aliphatic heterocycles. The lowest BCUT2D eigenvalue weighted by Crippen LogP contribution is -2.51. The molecule has 30 heavy (non-hydrogen) atoms. The third kappa shape index (κ3) is 7.33. The highest BCUT2D eigenvalue weighted by Crippen LogP contribution is 2.27. The number of hydrogen-bond acceptors (Lipinski definition) is 3. The molecular weight excluding hydrogens is 468 g/mol. The molecular formula is C23H28BrClN2O3. The maximum Gasteiger partial charge on any atom is 0.261 e. The molecule has 0 saturated heterocycles. The second-order valence-corrected chi connectivity index (χ2v) is 8.50. The maximum atomic E-state index is 13.0. The van der Waals surface area contributed by atoms with Crippen LogP contribution in [0.1, 0.15) is 32.8 Å². The Morgan fingerprint density at radius 1 is 1.17 bits per heavy atom. The predicted octanol–water partition coefficient (Wildman–Crippen LogP) is 4.86. The highest BCUT2D eigenvalue weighted by Gasteiger charge is 2.26. The molecule has 0 aromatic heterocycles. The molecule has 1 N–H and O–H groups in total. The molecule has 2 rings (SSSR count). The summed E-state index contributed by atoms with van der Waals surface area (Å²) in [7, 11) is 0. The van der Waals surface area contributed by atoms with Gasteiger partial charge in [-0.3, -0.25) is 9.59 Å². The molecule has 0 saturated carbocycles. The third-order valence-electron chi connectivity index (χ3n) is 4.90. The number of nitrogens with one attached hydrogen (secondary N) is 1. The van der Waals surface area contributed by atoms with E-state index in [2.05, 4.69) is 21.2 Å². The van der Waals surface area contributed by atoms with Crippen LogP contribution in [0.5, 0.6) is 5.75 Å². The van der Waals surface area contributed by atoms with E-state index < -0.39 is 6.04 Å². The van der Waals surface area contributed by atoms with Crippen molar-refractivity contribution in [3.63, 3.8) is 0 Å². The maximum absolute atomic E-state index is 13.0. The number of ether oxygens (including phenoxy) is 1. The Morgan fingerprint density at radius 2 is 1.87 bits per heavy atom. The normalized spacial score (nSPS) is 12.7. The molecule has 0 aliphatic carbocycles. The van der Waals surface area contributed by atoms with Crippen LogP contribution in [0, 0.1) is 0 Å². The van der Waals surface area contributed by atoms with Crippen molar-refractivity contribution in [3.8, 4) is 5.75 Å². The van der Waals surface area contributed by atoms with Gasteiger partial charge in [0.25, 0.3) is 5.91 Å². The van der Waals surface area contributed by atoms with Crippen molar-refractivity contribution in [2.24, 2.45) is 0 Å². The summed E-state index contributed by atoms with van der Waals surface area (Å²) >= 11 is 9.52. The van der Waals surface area contributed by atoms with Crippen LogP contribution in [0.2, 0.25) is 5.02 Å². The topological polar surface area (TPSA) is 58.6 Å². The molecule has 0 spiro atoms. The summed E-state index contributed by atoms with van der Waals surface area (Å²) in [6, 6.07) is 14.5. The number of rotatable bonds is 10. The lowest BCUT2D eigenvalue weighted by molar-refractivity contribution is -0.141. The first-order valence-electron chi connectivity index (χ1n) is 10.0. The van der Waals surface area contributed by atoms with Gasteiger partial charge in [-0.2, -0.15) is 0 Å². The SMILES string of the molecule is CC[C@H](C)NC(=O)[C@@H](C)N(CCc1ccccc1)C(=O)COc1ccc(Br)cc1Cl. The van der Waals surface area contributed by atoms with Gasteiger partial charge >= 0.3 is 0 Å². The van der Waals surface area contributed by atoms with E-state index in [1.807, 2.05) is 44.2 Å². The van der Waals surface area contributed by atoms with E-state index >= 15 is 0 Å². The number of carbonyl (C=O) groups is 2. The van der Waals surface area contributed by atoms with Gasteiger partial charge in [0.1, 0.15) is 11.8 Å². The quantitative estimate of drug-likeness (QED) is 0.512. The van der Waals surface area contributed by atoms with E-state index in [1.54, 1.807) is 30.0 Å². The number of halogens is 2. The van der Waals surface area contributed by atoms with Gasteiger partial charge in [-0.1, -0.05) is 64.8 Å². The molecule has 0 bridgehead atoms. The minimum absolute atomic E-state index is 0.0452. The van der Waals surface area contributed by atoms with E-state index in [0.29, 0.717) is 23.7 Å². The van der Waals surface area contributed by atoms with Gasteiger partial charge in [-0.05, 0) is 50.5 Å². The first-order valence-corrected chi connectivity index (χ1v) is 11.2. The molecule has 0 radical (unpaired) electrons. The highest BCUT2D eigenvalue weighted by atomic mass is 79.9. The number of benzene rings is 2. The van der Waals surface area contributed by atoms with Crippen molar-refractivity contribution in [2.45, 2.75) is 45.7 Å². The van der Waals surface area contributed by atoms with E-state index in [4.69, 9.17) is 16.3 Å². The molecule has 0 unspecified atom stereocenters. The summed E-state index contributed by atoms with van der Waals surface area (Å²) in [6.45, 7) is 5.91. The van der Waals surface area contributed by atoms with Gasteiger partial charge in [-0.25, -0.2) is 0 Å². The third-order valence-corrected chi connectivity index (χ3v) is 5.69. The molecule has 5 nitrogen and oxygen atoms in total. The minimum atomic E-state index is -0.612. The zero-order valence-electron chi connectivity index (χ0n) is 17.5. The van der Waals surface area contributed by atoms with Gasteiger partial charge in [0.2, 0.25) is 5.91 Å². The fourth-order valence-electron chi connectivity index (χ4n) is 2.85. The molecule has 0 heterocycles. The lowest BCUT2D eigenvalue weighted by Gasteiger charge is -2.29. The first-order chi connectivity index (χ1) is 14.3. The highest BCUT2D eigenvalue weighted by molar-refractivity contribution is 9.10. The zero-order chi connectivity index (χ0) is 22.1. The van der Waals surface area contributed by atoms with Gasteiger partial charge in [-0.15, -0.1) is 0 Å². The first kappa shape index (κ1) is 24.2. The van der Waals surface area contributed by atoms with Crippen LogP contribution in [0.3, 0.4) is 0 Å². The van der Waals surface area contributed by atoms with E-state index in [9.17, 15) is 9.59 Å². The Balaban J connectivity index is 2.09. The van der Waals surface area contributed by atoms with Gasteiger partial charge in [0.05, 0.1) is 5.02 Å². The molecule has 2 amide bonds. The second kappa shape index (κ2) is 12.0. The molecule has 7 heteroatoms. The van der Waals surface area contributed by atoms with Crippen LogP contribution in [0.25, 0.3) is 0 Å². The molecule has 2 atom stereocenters. The van der Waals surface area contributed by atoms with Gasteiger partial charge in [0, 0.05) is 17.1 Å². The fourth-order valence-corrected chi connectivity index (χ4v) is 3.58. The van der Waals surface area contributed by atoms with Gasteiger partial charge < -0.3 is 15.0 Å². The zero-order valence-corrected chi connectivity index (χ0v) is 19.9. The molecule has 162 valence electrons. The van der Waals surface area contributed by atoms with Crippen molar-refractivity contribution >= 4 is 39.3 Å². The van der Waals surface area contributed by atoms with Crippen molar-refractivity contribution in [1.82, 2.24) is 10.2 Å². The Kier molecular flexibility index (Phi) is 9.66. The minimum Gasteiger partial charge on any atom is -0.482 e. The van der Waals surface area contributed by atoms with Crippen molar-refractivity contribution < 1.29 is 14.3 Å². The summed E-state index contributed by atoms with van der Waals surface area (Å²) < 4.78 is 6.47. The molecule has 0 aliphatic rings. The number of carbonyl (C=O) groups excluding carboxylic acids is 2. The van der Waals surface area contributed by atoms with Crippen LogP contribution in [-0.2, 0) is 16.0 Å². The largest absolute Gasteiger partial charge is 0.482 e.